The largest absolute Gasteiger partial charge is 0.540 e. The third-order valence-corrected chi connectivity index (χ3v) is 3.81. The van der Waals surface area contributed by atoms with Crippen LogP contribution in [0.4, 0.5) is 9.59 Å². The van der Waals surface area contributed by atoms with E-state index in [1.807, 2.05) is 27.7 Å². The van der Waals surface area contributed by atoms with Gasteiger partial charge < -0.3 is 9.47 Å². The zero-order chi connectivity index (χ0) is 24.3. The Kier molecular flexibility index (Phi) is 11.9. The summed E-state index contributed by atoms with van der Waals surface area (Å²) in [7, 11) is 0. The Morgan fingerprint density at radius 2 is 0.871 bits per heavy atom. The van der Waals surface area contributed by atoms with Crippen LogP contribution in [-0.4, -0.2) is 36.7 Å². The van der Waals surface area contributed by atoms with E-state index in [-0.39, 0.29) is 24.0 Å². The van der Waals surface area contributed by atoms with Gasteiger partial charge in [0.1, 0.15) is 11.2 Å². The summed E-state index contributed by atoms with van der Waals surface area (Å²) in [5, 5.41) is 0. The molecule has 0 N–H and O–H groups in total. The van der Waals surface area contributed by atoms with Gasteiger partial charge in [-0.3, -0.25) is 9.78 Å². The van der Waals surface area contributed by atoms with Crippen molar-refractivity contribution in [2.24, 2.45) is 10.8 Å². The SMILES string of the molecule is CC(C)(C)CC(C)(C)OOC(=O)OCCCCCOC(=O)OOC(C)(C)CC(C)(C)C. The van der Waals surface area contributed by atoms with Gasteiger partial charge in [-0.25, -0.2) is 9.59 Å². The normalized spacial score (nSPS) is 13.0. The molecule has 0 aliphatic carbocycles. The molecule has 31 heavy (non-hydrogen) atoms. The van der Waals surface area contributed by atoms with E-state index in [0.29, 0.717) is 19.3 Å². The highest BCUT2D eigenvalue weighted by Gasteiger charge is 2.30. The van der Waals surface area contributed by atoms with Crippen molar-refractivity contribution in [3.63, 3.8) is 0 Å². The number of unbranched alkanes of at least 4 members (excludes halogenated alkanes) is 2. The Morgan fingerprint density at radius 3 is 1.16 bits per heavy atom. The highest BCUT2D eigenvalue weighted by molar-refractivity contribution is 5.59. The molecule has 0 saturated heterocycles. The van der Waals surface area contributed by atoms with Crippen LogP contribution in [0.1, 0.15) is 101 Å². The van der Waals surface area contributed by atoms with E-state index in [9.17, 15) is 9.59 Å². The molecule has 0 bridgehead atoms. The standard InChI is InChI=1S/C23H44O8/c1-20(2,3)16-22(7,8)30-28-18(24)26-14-12-11-13-15-27-19(25)29-31-23(9,10)17-21(4,5)6/h11-17H2,1-10H3. The van der Waals surface area contributed by atoms with E-state index in [1.165, 1.54) is 0 Å². The number of carbonyl (C=O) groups is 2. The quantitative estimate of drug-likeness (QED) is 0.140. The van der Waals surface area contributed by atoms with Crippen LogP contribution in [-0.2, 0) is 29.0 Å². The Bertz CT molecular complexity index is 493. The second-order valence-electron chi connectivity index (χ2n) is 11.6. The summed E-state index contributed by atoms with van der Waals surface area (Å²) in [6, 6.07) is 0. The average Bonchev–Trinajstić information content (AvgIpc) is 2.53. The fraction of sp³-hybridized carbons (Fsp3) is 0.913. The van der Waals surface area contributed by atoms with Gasteiger partial charge in [-0.1, -0.05) is 41.5 Å². The lowest BCUT2D eigenvalue weighted by Crippen LogP contribution is -2.31. The molecule has 0 fully saturated rings. The van der Waals surface area contributed by atoms with Crippen molar-refractivity contribution in [1.82, 2.24) is 0 Å². The highest BCUT2D eigenvalue weighted by Crippen LogP contribution is 2.30. The first-order chi connectivity index (χ1) is 13.9. The molecule has 0 amide bonds. The van der Waals surface area contributed by atoms with Gasteiger partial charge in [0.25, 0.3) is 0 Å². The number of hydrogen-bond donors (Lipinski definition) is 0. The first-order valence-electron chi connectivity index (χ1n) is 11.0. The number of hydrogen-bond acceptors (Lipinski definition) is 8. The highest BCUT2D eigenvalue weighted by atomic mass is 17.2. The minimum Gasteiger partial charge on any atom is -0.432 e. The molecule has 0 unspecified atom stereocenters. The van der Waals surface area contributed by atoms with Gasteiger partial charge in [0.2, 0.25) is 0 Å². The van der Waals surface area contributed by atoms with E-state index >= 15 is 0 Å². The summed E-state index contributed by atoms with van der Waals surface area (Å²) in [6.07, 6.45) is 1.62. The average molecular weight is 449 g/mol. The summed E-state index contributed by atoms with van der Waals surface area (Å²) in [6.45, 7) is 20.3. The van der Waals surface area contributed by atoms with E-state index in [0.717, 1.165) is 12.8 Å². The van der Waals surface area contributed by atoms with Crippen molar-refractivity contribution in [3.8, 4) is 0 Å². The van der Waals surface area contributed by atoms with Crippen molar-refractivity contribution in [3.05, 3.63) is 0 Å². The van der Waals surface area contributed by atoms with Crippen molar-refractivity contribution < 1.29 is 38.6 Å². The van der Waals surface area contributed by atoms with Crippen molar-refractivity contribution in [1.29, 1.82) is 0 Å². The minimum absolute atomic E-state index is 0.0417. The molecule has 0 rings (SSSR count). The van der Waals surface area contributed by atoms with Crippen LogP contribution < -0.4 is 0 Å². The molecule has 0 aromatic heterocycles. The van der Waals surface area contributed by atoms with Crippen LogP contribution >= 0.6 is 0 Å². The molecule has 0 saturated carbocycles. The van der Waals surface area contributed by atoms with E-state index in [2.05, 4.69) is 41.5 Å². The van der Waals surface area contributed by atoms with Crippen LogP contribution in [0, 0.1) is 10.8 Å². The summed E-state index contributed by atoms with van der Waals surface area (Å²) in [5.74, 6) is 0. The zero-order valence-electron chi connectivity index (χ0n) is 21.2. The van der Waals surface area contributed by atoms with Crippen LogP contribution in [0.25, 0.3) is 0 Å². The Labute approximate surface area is 188 Å². The van der Waals surface area contributed by atoms with Crippen LogP contribution in [0.15, 0.2) is 0 Å². The van der Waals surface area contributed by atoms with Crippen molar-refractivity contribution in [2.45, 2.75) is 113 Å². The second kappa shape index (κ2) is 12.5. The Morgan fingerprint density at radius 1 is 0.548 bits per heavy atom. The third kappa shape index (κ3) is 18.9. The van der Waals surface area contributed by atoms with Gasteiger partial charge in [-0.2, -0.15) is 9.78 Å². The van der Waals surface area contributed by atoms with Crippen LogP contribution in [0.3, 0.4) is 0 Å². The van der Waals surface area contributed by atoms with E-state index < -0.39 is 23.5 Å². The van der Waals surface area contributed by atoms with Crippen LogP contribution in [0.2, 0.25) is 0 Å². The summed E-state index contributed by atoms with van der Waals surface area (Å²) < 4.78 is 9.94. The maximum Gasteiger partial charge on any atom is 0.540 e. The number of carbonyl (C=O) groups excluding carboxylic acids is 2. The first-order valence-corrected chi connectivity index (χ1v) is 11.0. The zero-order valence-corrected chi connectivity index (χ0v) is 21.2. The molecule has 0 atom stereocenters. The topological polar surface area (TPSA) is 89.5 Å². The second-order valence-corrected chi connectivity index (χ2v) is 11.6. The maximum atomic E-state index is 11.6. The van der Waals surface area contributed by atoms with Gasteiger partial charge in [0, 0.05) is 0 Å². The van der Waals surface area contributed by atoms with Crippen molar-refractivity contribution in [2.75, 3.05) is 13.2 Å². The summed E-state index contributed by atoms with van der Waals surface area (Å²) in [5.41, 5.74) is -1.12. The maximum absolute atomic E-state index is 11.6. The van der Waals surface area contributed by atoms with E-state index in [4.69, 9.17) is 29.0 Å². The molecule has 0 aliphatic rings. The molecule has 8 nitrogen and oxygen atoms in total. The molecule has 0 aliphatic heterocycles. The lowest BCUT2D eigenvalue weighted by molar-refractivity contribution is -0.322. The van der Waals surface area contributed by atoms with Crippen LogP contribution in [0.5, 0.6) is 0 Å². The van der Waals surface area contributed by atoms with E-state index in [1.54, 1.807) is 0 Å². The Balaban J connectivity index is 3.81. The van der Waals surface area contributed by atoms with Gasteiger partial charge in [0.05, 0.1) is 13.2 Å². The minimum atomic E-state index is -0.864. The summed E-state index contributed by atoms with van der Waals surface area (Å²) >= 11 is 0. The molecule has 0 aromatic carbocycles. The third-order valence-electron chi connectivity index (χ3n) is 3.81. The molecule has 0 radical (unpaired) electrons. The molecule has 184 valence electrons. The Hall–Kier alpha value is -1.54. The molecule has 0 heterocycles. The smallest absolute Gasteiger partial charge is 0.432 e. The molecule has 0 aromatic rings. The number of rotatable bonds is 12. The number of ether oxygens (including phenoxy) is 2. The van der Waals surface area contributed by atoms with Crippen molar-refractivity contribution >= 4 is 12.3 Å². The van der Waals surface area contributed by atoms with Gasteiger partial charge >= 0.3 is 12.3 Å². The van der Waals surface area contributed by atoms with Gasteiger partial charge in [0.15, 0.2) is 0 Å². The predicted octanol–water partition coefficient (Wildman–Crippen LogP) is 6.76. The molecular formula is C23H44O8. The monoisotopic (exact) mass is 448 g/mol. The van der Waals surface area contributed by atoms with Gasteiger partial charge in [-0.05, 0) is 70.6 Å². The lowest BCUT2D eigenvalue weighted by atomic mass is 9.84. The fourth-order valence-corrected chi connectivity index (χ4v) is 3.65. The first kappa shape index (κ1) is 29.5. The summed E-state index contributed by atoms with van der Waals surface area (Å²) in [4.78, 5) is 43.1. The molecule has 0 spiro atoms. The molecule has 8 heteroatoms. The lowest BCUT2D eigenvalue weighted by Gasteiger charge is -2.30. The molecular weight excluding hydrogens is 404 g/mol. The van der Waals surface area contributed by atoms with Gasteiger partial charge in [-0.15, -0.1) is 0 Å². The predicted molar refractivity (Wildman–Crippen MR) is 117 cm³/mol. The fourth-order valence-electron chi connectivity index (χ4n) is 3.65.